The Morgan fingerprint density at radius 1 is 1.23 bits per heavy atom. The second-order valence-electron chi connectivity index (χ2n) is 9.13. The maximum absolute atomic E-state index is 12.9. The smallest absolute Gasteiger partial charge is 0.332 e. The SMILES string of the molecule is Cc1nn([C@H]2CCS(=O)(=O)C2)c(Cl)c1/C=C/C(=O)OCC(=O)c1c(N)n(Cc2ccccc2)c(=O)n(C)c1=O. The van der Waals surface area contributed by atoms with Crippen LogP contribution in [0, 0.1) is 6.92 Å². The van der Waals surface area contributed by atoms with E-state index in [0.717, 1.165) is 20.8 Å². The molecule has 1 saturated heterocycles. The normalized spacial score (nSPS) is 16.5. The number of halogens is 1. The van der Waals surface area contributed by atoms with Crippen LogP contribution in [0.2, 0.25) is 5.15 Å². The molecule has 1 aromatic carbocycles. The van der Waals surface area contributed by atoms with Crippen LogP contribution in [-0.4, -0.2) is 57.2 Å². The Bertz CT molecular complexity index is 1700. The first-order valence-corrected chi connectivity index (χ1v) is 14.1. The number of nitrogens with two attached hydrogens (primary N) is 1. The summed E-state index contributed by atoms with van der Waals surface area (Å²) in [7, 11) is -1.93. The summed E-state index contributed by atoms with van der Waals surface area (Å²) >= 11 is 6.40. The summed E-state index contributed by atoms with van der Waals surface area (Å²) in [6.45, 7) is 0.893. The number of benzene rings is 1. The van der Waals surface area contributed by atoms with Crippen molar-refractivity contribution in [3.8, 4) is 0 Å². The summed E-state index contributed by atoms with van der Waals surface area (Å²) in [4.78, 5) is 50.5. The average Bonchev–Trinajstić information content (AvgIpc) is 3.40. The van der Waals surface area contributed by atoms with E-state index in [1.807, 2.05) is 0 Å². The van der Waals surface area contributed by atoms with Gasteiger partial charge in [0.1, 0.15) is 16.5 Å². The van der Waals surface area contributed by atoms with Crippen LogP contribution >= 0.6 is 11.6 Å². The minimum absolute atomic E-state index is 0.0308. The Balaban J connectivity index is 1.48. The zero-order valence-electron chi connectivity index (χ0n) is 21.2. The van der Waals surface area contributed by atoms with Gasteiger partial charge >= 0.3 is 11.7 Å². The molecule has 0 unspecified atom stereocenters. The number of rotatable bonds is 8. The number of esters is 1. The molecule has 3 heterocycles. The number of aryl methyl sites for hydroxylation is 1. The fraction of sp³-hybridized carbons (Fsp3) is 0.320. The zero-order chi connectivity index (χ0) is 28.5. The highest BCUT2D eigenvalue weighted by Gasteiger charge is 2.32. The number of carbonyl (C=O) groups excluding carboxylic acids is 2. The lowest BCUT2D eigenvalue weighted by molar-refractivity contribution is -0.136. The third kappa shape index (κ3) is 5.88. The number of anilines is 1. The topological polar surface area (TPSA) is 165 Å². The van der Waals surface area contributed by atoms with Crippen molar-refractivity contribution in [1.82, 2.24) is 18.9 Å². The van der Waals surface area contributed by atoms with Crippen molar-refractivity contribution in [1.29, 1.82) is 0 Å². The molecular formula is C25H26ClN5O7S. The molecule has 0 amide bonds. The van der Waals surface area contributed by atoms with E-state index >= 15 is 0 Å². The molecule has 3 aromatic rings. The summed E-state index contributed by atoms with van der Waals surface area (Å²) in [6, 6.07) is 8.48. The fourth-order valence-electron chi connectivity index (χ4n) is 4.30. The van der Waals surface area contributed by atoms with Gasteiger partial charge in [-0.15, -0.1) is 0 Å². The van der Waals surface area contributed by atoms with Crippen LogP contribution in [0.1, 0.15) is 39.6 Å². The van der Waals surface area contributed by atoms with E-state index in [4.69, 9.17) is 22.1 Å². The van der Waals surface area contributed by atoms with Gasteiger partial charge in [0.2, 0.25) is 5.78 Å². The summed E-state index contributed by atoms with van der Waals surface area (Å²) in [5.41, 5.74) is 5.60. The van der Waals surface area contributed by atoms with Crippen molar-refractivity contribution in [2.45, 2.75) is 25.9 Å². The largest absolute Gasteiger partial charge is 0.454 e. The Kier molecular flexibility index (Phi) is 7.93. The van der Waals surface area contributed by atoms with Crippen LogP contribution in [0.15, 0.2) is 46.0 Å². The van der Waals surface area contributed by atoms with E-state index in [-0.39, 0.29) is 29.0 Å². The van der Waals surface area contributed by atoms with Gasteiger partial charge < -0.3 is 10.5 Å². The Labute approximate surface area is 228 Å². The number of Topliss-reactive ketones (excluding diaryl/α,β-unsaturated/α-hetero) is 1. The quantitative estimate of drug-likeness (QED) is 0.235. The van der Waals surface area contributed by atoms with Gasteiger partial charge in [-0.05, 0) is 25.0 Å². The van der Waals surface area contributed by atoms with E-state index in [1.54, 1.807) is 37.3 Å². The van der Waals surface area contributed by atoms with Crippen LogP contribution in [0.25, 0.3) is 6.08 Å². The third-order valence-corrected chi connectivity index (χ3v) is 8.53. The van der Waals surface area contributed by atoms with Gasteiger partial charge in [0.05, 0.1) is 29.8 Å². The fourth-order valence-corrected chi connectivity index (χ4v) is 6.37. The molecule has 206 valence electrons. The number of hydrogen-bond donors (Lipinski definition) is 1. The molecule has 4 rings (SSSR count). The molecule has 1 fully saturated rings. The van der Waals surface area contributed by atoms with Crippen molar-refractivity contribution in [2.75, 3.05) is 23.8 Å². The van der Waals surface area contributed by atoms with Gasteiger partial charge in [0.25, 0.3) is 5.56 Å². The van der Waals surface area contributed by atoms with Gasteiger partial charge in [-0.2, -0.15) is 5.10 Å². The van der Waals surface area contributed by atoms with Crippen LogP contribution in [-0.2, 0) is 33.0 Å². The molecule has 1 atom stereocenters. The van der Waals surface area contributed by atoms with Gasteiger partial charge in [-0.3, -0.25) is 18.7 Å². The molecule has 12 nitrogen and oxygen atoms in total. The molecule has 0 aliphatic carbocycles. The monoisotopic (exact) mass is 575 g/mol. The van der Waals surface area contributed by atoms with E-state index in [0.29, 0.717) is 17.7 Å². The Hall–Kier alpha value is -3.97. The maximum Gasteiger partial charge on any atom is 0.332 e. The molecule has 0 spiro atoms. The lowest BCUT2D eigenvalue weighted by Crippen LogP contribution is -2.43. The molecule has 0 bridgehead atoms. The number of nitrogen functional groups attached to an aromatic ring is 1. The molecule has 1 aliphatic rings. The highest BCUT2D eigenvalue weighted by molar-refractivity contribution is 7.91. The first-order valence-electron chi connectivity index (χ1n) is 11.9. The van der Waals surface area contributed by atoms with Crippen molar-refractivity contribution in [3.63, 3.8) is 0 Å². The Morgan fingerprint density at radius 3 is 2.56 bits per heavy atom. The van der Waals surface area contributed by atoms with Crippen molar-refractivity contribution >= 4 is 45.1 Å². The molecular weight excluding hydrogens is 550 g/mol. The highest BCUT2D eigenvalue weighted by Crippen LogP contribution is 2.30. The predicted molar refractivity (Wildman–Crippen MR) is 145 cm³/mol. The second kappa shape index (κ2) is 11.0. The third-order valence-electron chi connectivity index (χ3n) is 6.40. The molecule has 14 heteroatoms. The van der Waals surface area contributed by atoms with E-state index in [1.165, 1.54) is 17.8 Å². The minimum atomic E-state index is -3.15. The van der Waals surface area contributed by atoms with E-state index < -0.39 is 51.1 Å². The number of ether oxygens (including phenoxy) is 1. The summed E-state index contributed by atoms with van der Waals surface area (Å²) in [5, 5.41) is 4.48. The molecule has 0 saturated carbocycles. The van der Waals surface area contributed by atoms with Gasteiger partial charge in [0.15, 0.2) is 16.4 Å². The van der Waals surface area contributed by atoms with Gasteiger partial charge in [0, 0.05) is 18.7 Å². The second-order valence-corrected chi connectivity index (χ2v) is 11.7. The van der Waals surface area contributed by atoms with Crippen LogP contribution in [0.3, 0.4) is 0 Å². The standard InChI is InChI=1S/C25H26ClN5O7S/c1-15-18(22(26)31(28-15)17-10-11-39(36,37)14-17)8-9-20(33)38-13-19(32)21-23(27)30(25(35)29(2)24(21)34)12-16-6-4-3-5-7-16/h3-9,17H,10-14,27H2,1-2H3/b9-8+/t17-/m0/s1. The van der Waals surface area contributed by atoms with Crippen LogP contribution in [0.5, 0.6) is 0 Å². The first-order chi connectivity index (χ1) is 18.4. The van der Waals surface area contributed by atoms with Crippen LogP contribution < -0.4 is 17.0 Å². The van der Waals surface area contributed by atoms with E-state index in [2.05, 4.69) is 5.10 Å². The number of sulfone groups is 1. The number of carbonyl (C=O) groups is 2. The van der Waals surface area contributed by atoms with E-state index in [9.17, 15) is 27.6 Å². The minimum Gasteiger partial charge on any atom is -0.454 e. The summed E-state index contributed by atoms with van der Waals surface area (Å²) < 4.78 is 31.9. The van der Waals surface area contributed by atoms with Crippen molar-refractivity contribution in [2.24, 2.45) is 7.05 Å². The number of nitrogens with zero attached hydrogens (tertiary/aromatic N) is 4. The zero-order valence-corrected chi connectivity index (χ0v) is 22.7. The lowest BCUT2D eigenvalue weighted by Gasteiger charge is -2.14. The van der Waals surface area contributed by atoms with Gasteiger partial charge in [-0.1, -0.05) is 41.9 Å². The number of hydrogen-bond acceptors (Lipinski definition) is 9. The number of aromatic nitrogens is 4. The average molecular weight is 576 g/mol. The van der Waals surface area contributed by atoms with Gasteiger partial charge in [-0.25, -0.2) is 22.7 Å². The molecule has 2 aromatic heterocycles. The lowest BCUT2D eigenvalue weighted by atomic mass is 10.2. The Morgan fingerprint density at radius 2 is 1.92 bits per heavy atom. The predicted octanol–water partition coefficient (Wildman–Crippen LogP) is 1.13. The molecule has 2 N–H and O–H groups in total. The first kappa shape index (κ1) is 28.0. The number of ketones is 1. The van der Waals surface area contributed by atoms with Crippen molar-refractivity contribution < 1.29 is 22.7 Å². The molecule has 1 aliphatic heterocycles. The molecule has 39 heavy (non-hydrogen) atoms. The maximum atomic E-state index is 12.9. The molecule has 0 radical (unpaired) electrons. The highest BCUT2D eigenvalue weighted by atomic mass is 35.5. The van der Waals surface area contributed by atoms with Crippen molar-refractivity contribution in [3.05, 3.63) is 84.8 Å². The summed E-state index contributed by atoms with van der Waals surface area (Å²) in [6.07, 6.45) is 2.78. The summed E-state index contributed by atoms with van der Waals surface area (Å²) in [5.74, 6) is -2.12. The van der Waals surface area contributed by atoms with Crippen LogP contribution in [0.4, 0.5) is 5.82 Å².